The summed E-state index contributed by atoms with van der Waals surface area (Å²) in [6, 6.07) is 0. The van der Waals surface area contributed by atoms with Crippen LogP contribution in [0.25, 0.3) is 0 Å². The average molecular weight is 228 g/mol. The molecule has 1 saturated heterocycles. The Morgan fingerprint density at radius 3 is 2.56 bits per heavy atom. The van der Waals surface area contributed by atoms with Crippen molar-refractivity contribution in [2.45, 2.75) is 32.1 Å². The second kappa shape index (κ2) is 7.25. The number of nitrogens with two attached hydrogens (primary N) is 1. The van der Waals surface area contributed by atoms with Crippen LogP contribution in [0.15, 0.2) is 0 Å². The summed E-state index contributed by atoms with van der Waals surface area (Å²) in [7, 11) is 0. The lowest BCUT2D eigenvalue weighted by Crippen LogP contribution is -3.16. The lowest BCUT2D eigenvalue weighted by atomic mass is 9.89. The molecule has 1 saturated carbocycles. The SMILES string of the molecule is C1CCC(C[NH2+]CC[NH+]2CCOCC2)CC1. The molecule has 0 unspecified atom stereocenters. The van der Waals surface area contributed by atoms with Crippen molar-refractivity contribution in [2.24, 2.45) is 5.92 Å². The first kappa shape index (κ1) is 12.3. The van der Waals surface area contributed by atoms with E-state index in [-0.39, 0.29) is 0 Å². The minimum Gasteiger partial charge on any atom is -0.370 e. The summed E-state index contributed by atoms with van der Waals surface area (Å²) in [5, 5.41) is 2.55. The summed E-state index contributed by atoms with van der Waals surface area (Å²) in [5.41, 5.74) is 0. The fourth-order valence-corrected chi connectivity index (χ4v) is 2.99. The highest BCUT2D eigenvalue weighted by Gasteiger charge is 2.16. The highest BCUT2D eigenvalue weighted by molar-refractivity contribution is 4.63. The molecule has 3 N–H and O–H groups in total. The first-order chi connectivity index (χ1) is 7.95. The van der Waals surface area contributed by atoms with Gasteiger partial charge in [0.2, 0.25) is 0 Å². The lowest BCUT2D eigenvalue weighted by Gasteiger charge is -2.24. The molecule has 2 aliphatic rings. The summed E-state index contributed by atoms with van der Waals surface area (Å²) in [6.07, 6.45) is 7.41. The number of hydrogen-bond donors (Lipinski definition) is 2. The molecule has 2 fully saturated rings. The van der Waals surface area contributed by atoms with Crippen LogP contribution in [0, 0.1) is 5.92 Å². The highest BCUT2D eigenvalue weighted by Crippen LogP contribution is 2.21. The molecule has 1 aliphatic heterocycles. The van der Waals surface area contributed by atoms with E-state index >= 15 is 0 Å². The Hall–Kier alpha value is -0.120. The van der Waals surface area contributed by atoms with E-state index in [2.05, 4.69) is 5.32 Å². The number of rotatable bonds is 5. The summed E-state index contributed by atoms with van der Waals surface area (Å²) in [4.78, 5) is 1.74. The molecule has 1 heterocycles. The minimum absolute atomic E-state index is 0.970. The van der Waals surface area contributed by atoms with Crippen LogP contribution < -0.4 is 10.2 Å². The predicted molar refractivity (Wildman–Crippen MR) is 64.6 cm³/mol. The van der Waals surface area contributed by atoms with Gasteiger partial charge in [-0.1, -0.05) is 19.3 Å². The van der Waals surface area contributed by atoms with E-state index in [4.69, 9.17) is 4.74 Å². The molecule has 94 valence electrons. The number of hydrogen-bond acceptors (Lipinski definition) is 1. The summed E-state index contributed by atoms with van der Waals surface area (Å²) >= 11 is 0. The van der Waals surface area contributed by atoms with E-state index in [0.717, 1.165) is 19.1 Å². The zero-order valence-corrected chi connectivity index (χ0v) is 10.5. The second-order valence-corrected chi connectivity index (χ2v) is 5.43. The number of ether oxygens (including phenoxy) is 1. The Morgan fingerprint density at radius 1 is 1.06 bits per heavy atom. The van der Waals surface area contributed by atoms with Crippen molar-refractivity contribution >= 4 is 0 Å². The van der Waals surface area contributed by atoms with Crippen molar-refractivity contribution in [3.63, 3.8) is 0 Å². The van der Waals surface area contributed by atoms with Crippen LogP contribution in [0.4, 0.5) is 0 Å². The molecule has 2 rings (SSSR count). The summed E-state index contributed by atoms with van der Waals surface area (Å²) < 4.78 is 5.37. The molecule has 3 nitrogen and oxygen atoms in total. The maximum atomic E-state index is 5.37. The zero-order chi connectivity index (χ0) is 11.1. The third-order valence-corrected chi connectivity index (χ3v) is 4.13. The highest BCUT2D eigenvalue weighted by atomic mass is 16.5. The molecule has 0 bridgehead atoms. The summed E-state index contributed by atoms with van der Waals surface area (Å²) in [5.74, 6) is 1.02. The minimum atomic E-state index is 0.970. The van der Waals surface area contributed by atoms with Gasteiger partial charge in [-0.3, -0.25) is 0 Å². The van der Waals surface area contributed by atoms with Gasteiger partial charge >= 0.3 is 0 Å². The molecule has 0 aromatic rings. The molecule has 0 atom stereocenters. The van der Waals surface area contributed by atoms with Gasteiger partial charge in [0.1, 0.15) is 26.2 Å². The maximum Gasteiger partial charge on any atom is 0.127 e. The van der Waals surface area contributed by atoms with Gasteiger partial charge in [0, 0.05) is 5.92 Å². The van der Waals surface area contributed by atoms with Crippen LogP contribution in [-0.4, -0.2) is 45.9 Å². The predicted octanol–water partition coefficient (Wildman–Crippen LogP) is -0.955. The quantitative estimate of drug-likeness (QED) is 0.584. The van der Waals surface area contributed by atoms with Gasteiger partial charge in [-0.15, -0.1) is 0 Å². The van der Waals surface area contributed by atoms with Crippen molar-refractivity contribution in [2.75, 3.05) is 45.9 Å². The topological polar surface area (TPSA) is 30.3 Å². The van der Waals surface area contributed by atoms with Gasteiger partial charge in [0.25, 0.3) is 0 Å². The van der Waals surface area contributed by atoms with Crippen LogP contribution in [0.2, 0.25) is 0 Å². The van der Waals surface area contributed by atoms with Gasteiger partial charge in [-0.25, -0.2) is 0 Å². The largest absolute Gasteiger partial charge is 0.370 e. The van der Waals surface area contributed by atoms with E-state index in [9.17, 15) is 0 Å². The Morgan fingerprint density at radius 2 is 1.81 bits per heavy atom. The monoisotopic (exact) mass is 228 g/mol. The fourth-order valence-electron chi connectivity index (χ4n) is 2.99. The van der Waals surface area contributed by atoms with Crippen LogP contribution in [0.1, 0.15) is 32.1 Å². The fraction of sp³-hybridized carbons (Fsp3) is 1.00. The third kappa shape index (κ3) is 4.40. The van der Waals surface area contributed by atoms with Gasteiger partial charge in [0.05, 0.1) is 19.8 Å². The Balaban J connectivity index is 1.47. The van der Waals surface area contributed by atoms with E-state index in [0.29, 0.717) is 0 Å². The maximum absolute atomic E-state index is 5.37. The molecule has 0 radical (unpaired) electrons. The average Bonchev–Trinajstić information content (AvgIpc) is 2.37. The normalized spacial score (nSPS) is 24.8. The van der Waals surface area contributed by atoms with Crippen molar-refractivity contribution in [1.82, 2.24) is 0 Å². The van der Waals surface area contributed by atoms with Crippen LogP contribution >= 0.6 is 0 Å². The molecule has 1 aliphatic carbocycles. The molecule has 3 heteroatoms. The van der Waals surface area contributed by atoms with E-state index < -0.39 is 0 Å². The van der Waals surface area contributed by atoms with Crippen LogP contribution in [0.3, 0.4) is 0 Å². The van der Waals surface area contributed by atoms with Gasteiger partial charge < -0.3 is 15.0 Å². The van der Waals surface area contributed by atoms with Crippen LogP contribution in [-0.2, 0) is 4.74 Å². The molecule has 0 spiro atoms. The first-order valence-electron chi connectivity index (χ1n) is 7.18. The molecule has 0 aromatic carbocycles. The Labute approximate surface area is 99.5 Å². The Bertz CT molecular complexity index is 155. The summed E-state index contributed by atoms with van der Waals surface area (Å²) in [6.45, 7) is 8.40. The van der Waals surface area contributed by atoms with Crippen molar-refractivity contribution < 1.29 is 15.0 Å². The van der Waals surface area contributed by atoms with Crippen molar-refractivity contribution in [1.29, 1.82) is 0 Å². The first-order valence-corrected chi connectivity index (χ1v) is 7.18. The van der Waals surface area contributed by atoms with E-state index in [1.807, 2.05) is 0 Å². The Kier molecular flexibility index (Phi) is 5.59. The van der Waals surface area contributed by atoms with Crippen molar-refractivity contribution in [3.8, 4) is 0 Å². The van der Waals surface area contributed by atoms with Gasteiger partial charge in [-0.2, -0.15) is 0 Å². The molecular formula is C13H28N2O+2. The van der Waals surface area contributed by atoms with E-state index in [1.165, 1.54) is 64.8 Å². The smallest absolute Gasteiger partial charge is 0.127 e. The molecule has 0 amide bonds. The zero-order valence-electron chi connectivity index (χ0n) is 10.5. The standard InChI is InChI=1S/C13H26N2O/c1-2-4-13(5-3-1)12-14-6-7-15-8-10-16-11-9-15/h13-14H,1-12H2/p+2. The number of morpholine rings is 1. The second-order valence-electron chi connectivity index (χ2n) is 5.43. The number of quaternary nitrogens is 2. The molecule has 0 aromatic heterocycles. The molecule has 16 heavy (non-hydrogen) atoms. The van der Waals surface area contributed by atoms with Crippen LogP contribution in [0.5, 0.6) is 0 Å². The number of nitrogens with one attached hydrogen (secondary N) is 1. The lowest BCUT2D eigenvalue weighted by molar-refractivity contribution is -0.919. The van der Waals surface area contributed by atoms with E-state index in [1.54, 1.807) is 4.90 Å². The van der Waals surface area contributed by atoms with Gasteiger partial charge in [0.15, 0.2) is 0 Å². The molecular weight excluding hydrogens is 200 g/mol. The third-order valence-electron chi connectivity index (χ3n) is 4.13. The van der Waals surface area contributed by atoms with Gasteiger partial charge in [-0.05, 0) is 12.8 Å². The van der Waals surface area contributed by atoms with Crippen molar-refractivity contribution in [3.05, 3.63) is 0 Å².